The lowest BCUT2D eigenvalue weighted by atomic mass is 9.35. The third-order valence-electron chi connectivity index (χ3n) is 9.83. The van der Waals surface area contributed by atoms with E-state index in [1.54, 1.807) is 0 Å². The molecule has 3 fully saturated rings. The second-order valence-corrected chi connectivity index (χ2v) is 10.7. The van der Waals surface area contributed by atoms with Crippen LogP contribution < -0.4 is 0 Å². The topological polar surface area (TPSA) is 20.2 Å². The first-order valence-electron chi connectivity index (χ1n) is 10.0. The van der Waals surface area contributed by atoms with Crippen LogP contribution >= 0.6 is 0 Å². The van der Waals surface area contributed by atoms with Gasteiger partial charge in [0.1, 0.15) is 0 Å². The van der Waals surface area contributed by atoms with E-state index in [0.717, 1.165) is 18.3 Å². The zero-order valence-electron chi connectivity index (χ0n) is 15.9. The van der Waals surface area contributed by atoms with Crippen molar-refractivity contribution < 1.29 is 5.11 Å². The van der Waals surface area contributed by atoms with E-state index in [2.05, 4.69) is 46.8 Å². The molecule has 0 bridgehead atoms. The summed E-state index contributed by atoms with van der Waals surface area (Å²) in [6.07, 6.45) is 13.9. The molecule has 0 unspecified atom stereocenters. The summed E-state index contributed by atoms with van der Waals surface area (Å²) in [4.78, 5) is 0. The lowest BCUT2D eigenvalue weighted by Crippen LogP contribution is -2.63. The minimum atomic E-state index is -0.106. The van der Waals surface area contributed by atoms with Crippen LogP contribution in [0, 0.1) is 39.4 Å². The smallest absolute Gasteiger partial charge is 0.0594 e. The van der Waals surface area contributed by atoms with Crippen LogP contribution in [0.1, 0.15) is 79.6 Å². The maximum absolute atomic E-state index is 10.6. The fourth-order valence-electron chi connectivity index (χ4n) is 8.13. The lowest BCUT2D eigenvalue weighted by molar-refractivity contribution is -0.217. The molecule has 0 spiro atoms. The largest absolute Gasteiger partial charge is 0.393 e. The molecule has 0 aromatic carbocycles. The standard InChI is InChI=1S/C22H36O/c1-19(2)16-10-14-22(5)17(20(16,3)13-11-18(19)23)9-8-15-7-6-12-21(15,22)4/h6-7,15-18,23H,8-14H2,1-5H3/t15-,16-,17-,18-,20+,21-,22-/m1/s1. The molecule has 1 N–H and O–H groups in total. The summed E-state index contributed by atoms with van der Waals surface area (Å²) < 4.78 is 0. The zero-order chi connectivity index (χ0) is 16.7. The molecule has 1 nitrogen and oxygen atoms in total. The van der Waals surface area contributed by atoms with Crippen molar-refractivity contribution in [2.24, 2.45) is 39.4 Å². The molecule has 1 heteroatoms. The minimum Gasteiger partial charge on any atom is -0.393 e. The molecule has 4 rings (SSSR count). The Balaban J connectivity index is 1.76. The van der Waals surface area contributed by atoms with Gasteiger partial charge in [-0.15, -0.1) is 0 Å². The number of aliphatic hydroxyl groups excluding tert-OH is 1. The minimum absolute atomic E-state index is 0.0833. The van der Waals surface area contributed by atoms with E-state index in [9.17, 15) is 5.11 Å². The Bertz CT molecular complexity index is 534. The number of hydrogen-bond acceptors (Lipinski definition) is 1. The molecule has 0 amide bonds. The van der Waals surface area contributed by atoms with Crippen LogP contribution in [0.2, 0.25) is 0 Å². The summed E-state index contributed by atoms with van der Waals surface area (Å²) in [7, 11) is 0. The maximum Gasteiger partial charge on any atom is 0.0594 e. The van der Waals surface area contributed by atoms with Crippen molar-refractivity contribution in [1.82, 2.24) is 0 Å². The monoisotopic (exact) mass is 316 g/mol. The average Bonchev–Trinajstić information content (AvgIpc) is 2.86. The SMILES string of the molecule is CC1(C)[C@H](O)CC[C@@]2(C)[C@@H]1CC[C@]1(C)[C@@H]2CC[C@H]2C=CC[C@]21C. The first-order chi connectivity index (χ1) is 10.7. The highest BCUT2D eigenvalue weighted by atomic mass is 16.3. The van der Waals surface area contributed by atoms with Gasteiger partial charge in [0, 0.05) is 0 Å². The summed E-state index contributed by atoms with van der Waals surface area (Å²) in [6, 6.07) is 0. The fourth-order valence-corrected chi connectivity index (χ4v) is 8.13. The van der Waals surface area contributed by atoms with Gasteiger partial charge in [0.15, 0.2) is 0 Å². The van der Waals surface area contributed by atoms with E-state index in [1.807, 2.05) is 0 Å². The van der Waals surface area contributed by atoms with Crippen molar-refractivity contribution in [2.45, 2.75) is 85.7 Å². The molecule has 0 radical (unpaired) electrons. The van der Waals surface area contributed by atoms with Crippen molar-refractivity contribution in [3.05, 3.63) is 12.2 Å². The molecule has 3 saturated carbocycles. The van der Waals surface area contributed by atoms with Crippen LogP contribution in [-0.4, -0.2) is 11.2 Å². The predicted octanol–water partition coefficient (Wildman–Crippen LogP) is 5.58. The number of aliphatic hydroxyl groups is 1. The Morgan fingerprint density at radius 2 is 1.57 bits per heavy atom. The van der Waals surface area contributed by atoms with Crippen molar-refractivity contribution in [3.8, 4) is 0 Å². The van der Waals surface area contributed by atoms with E-state index >= 15 is 0 Å². The molecular formula is C22H36O. The van der Waals surface area contributed by atoms with Gasteiger partial charge in [-0.2, -0.15) is 0 Å². The van der Waals surface area contributed by atoms with Crippen molar-refractivity contribution in [3.63, 3.8) is 0 Å². The van der Waals surface area contributed by atoms with Crippen LogP contribution in [0.5, 0.6) is 0 Å². The fraction of sp³-hybridized carbons (Fsp3) is 0.909. The molecular weight excluding hydrogens is 280 g/mol. The first-order valence-corrected chi connectivity index (χ1v) is 10.0. The number of fused-ring (bicyclic) bond motifs is 5. The summed E-state index contributed by atoms with van der Waals surface area (Å²) in [5.41, 5.74) is 1.46. The molecule has 7 atom stereocenters. The van der Waals surface area contributed by atoms with Crippen molar-refractivity contribution in [2.75, 3.05) is 0 Å². The quantitative estimate of drug-likeness (QED) is 0.578. The maximum atomic E-state index is 10.6. The van der Waals surface area contributed by atoms with E-state index in [-0.39, 0.29) is 11.5 Å². The highest BCUT2D eigenvalue weighted by Crippen LogP contribution is 2.73. The molecule has 0 saturated heterocycles. The Kier molecular flexibility index (Phi) is 3.27. The van der Waals surface area contributed by atoms with E-state index < -0.39 is 0 Å². The van der Waals surface area contributed by atoms with E-state index in [0.29, 0.717) is 22.2 Å². The average molecular weight is 317 g/mol. The van der Waals surface area contributed by atoms with Gasteiger partial charge >= 0.3 is 0 Å². The van der Waals surface area contributed by atoms with Crippen LogP contribution in [0.15, 0.2) is 12.2 Å². The molecule has 0 heterocycles. The van der Waals surface area contributed by atoms with Crippen molar-refractivity contribution >= 4 is 0 Å². The summed E-state index contributed by atoms with van der Waals surface area (Å²) in [5.74, 6) is 2.33. The Morgan fingerprint density at radius 1 is 0.826 bits per heavy atom. The molecule has 4 aliphatic carbocycles. The molecule has 0 aromatic heterocycles. The third-order valence-corrected chi connectivity index (χ3v) is 9.83. The van der Waals surface area contributed by atoms with Crippen LogP contribution in [-0.2, 0) is 0 Å². The summed E-state index contributed by atoms with van der Waals surface area (Å²) >= 11 is 0. The van der Waals surface area contributed by atoms with Crippen LogP contribution in [0.25, 0.3) is 0 Å². The zero-order valence-corrected chi connectivity index (χ0v) is 15.9. The molecule has 4 aliphatic rings. The third kappa shape index (κ3) is 1.78. The number of rotatable bonds is 0. The lowest BCUT2D eigenvalue weighted by Gasteiger charge is -2.69. The van der Waals surface area contributed by atoms with Gasteiger partial charge in [-0.1, -0.05) is 46.8 Å². The predicted molar refractivity (Wildman–Crippen MR) is 96.0 cm³/mol. The van der Waals surface area contributed by atoms with Crippen LogP contribution in [0.4, 0.5) is 0 Å². The molecule has 130 valence electrons. The van der Waals surface area contributed by atoms with Gasteiger partial charge in [-0.3, -0.25) is 0 Å². The summed E-state index contributed by atoms with van der Waals surface area (Å²) in [6.45, 7) is 12.5. The highest BCUT2D eigenvalue weighted by Gasteiger charge is 2.66. The van der Waals surface area contributed by atoms with Crippen LogP contribution in [0.3, 0.4) is 0 Å². The highest BCUT2D eigenvalue weighted by molar-refractivity contribution is 5.21. The Hall–Kier alpha value is -0.300. The van der Waals surface area contributed by atoms with Gasteiger partial charge in [0.05, 0.1) is 6.10 Å². The molecule has 23 heavy (non-hydrogen) atoms. The molecule has 0 aliphatic heterocycles. The number of allylic oxidation sites excluding steroid dienone is 2. The second kappa shape index (κ2) is 4.65. The first kappa shape index (κ1) is 16.2. The number of hydrogen-bond donors (Lipinski definition) is 1. The molecule has 0 aromatic rings. The van der Waals surface area contributed by atoms with Gasteiger partial charge in [0.25, 0.3) is 0 Å². The van der Waals surface area contributed by atoms with E-state index in [1.165, 1.54) is 38.5 Å². The second-order valence-electron chi connectivity index (χ2n) is 10.7. The van der Waals surface area contributed by atoms with Gasteiger partial charge in [0.2, 0.25) is 0 Å². The Morgan fingerprint density at radius 3 is 2.30 bits per heavy atom. The van der Waals surface area contributed by atoms with Gasteiger partial charge in [-0.25, -0.2) is 0 Å². The Labute approximate surface area is 142 Å². The normalized spacial score (nSPS) is 57.5. The van der Waals surface area contributed by atoms with E-state index in [4.69, 9.17) is 0 Å². The van der Waals surface area contributed by atoms with Gasteiger partial charge < -0.3 is 5.11 Å². The van der Waals surface area contributed by atoms with Gasteiger partial charge in [-0.05, 0) is 84.4 Å². The summed E-state index contributed by atoms with van der Waals surface area (Å²) in [5, 5.41) is 10.6. The van der Waals surface area contributed by atoms with Crippen molar-refractivity contribution in [1.29, 1.82) is 0 Å².